The van der Waals surface area contributed by atoms with E-state index in [4.69, 9.17) is 0 Å². The Kier molecular flexibility index (Phi) is 8.46. The van der Waals surface area contributed by atoms with Crippen LogP contribution in [0.25, 0.3) is 0 Å². The number of rotatable bonds is 10. The maximum Gasteiger partial charge on any atom is 0.387 e. The van der Waals surface area contributed by atoms with Crippen LogP contribution in [0.5, 0.6) is 5.75 Å². The quantitative estimate of drug-likeness (QED) is 0.575. The van der Waals surface area contributed by atoms with Crippen LogP contribution < -0.4 is 10.1 Å². The molecule has 0 aliphatic carbocycles. The molecular weight excluding hydrogens is 433 g/mol. The molecule has 0 saturated carbocycles. The van der Waals surface area contributed by atoms with Gasteiger partial charge in [-0.25, -0.2) is 12.8 Å². The van der Waals surface area contributed by atoms with Gasteiger partial charge in [0.25, 0.3) is 5.91 Å². The van der Waals surface area contributed by atoms with Gasteiger partial charge in [0.1, 0.15) is 11.6 Å². The predicted molar refractivity (Wildman–Crippen MR) is 110 cm³/mol. The van der Waals surface area contributed by atoms with Gasteiger partial charge in [-0.2, -0.15) is 13.1 Å². The van der Waals surface area contributed by atoms with Gasteiger partial charge >= 0.3 is 6.61 Å². The molecule has 0 radical (unpaired) electrons. The largest absolute Gasteiger partial charge is 0.434 e. The third-order valence-corrected chi connectivity index (χ3v) is 6.80. The molecule has 1 N–H and O–H groups in total. The van der Waals surface area contributed by atoms with E-state index in [9.17, 15) is 26.4 Å². The zero-order valence-corrected chi connectivity index (χ0v) is 18.3. The predicted octanol–water partition coefficient (Wildman–Crippen LogP) is 4.34. The van der Waals surface area contributed by atoms with Gasteiger partial charge in [0.15, 0.2) is 0 Å². The minimum absolute atomic E-state index is 0.108. The van der Waals surface area contributed by atoms with Crippen molar-refractivity contribution in [2.45, 2.75) is 44.7 Å². The fourth-order valence-corrected chi connectivity index (χ4v) is 4.64. The maximum atomic E-state index is 14.4. The Bertz CT molecular complexity index is 1010. The van der Waals surface area contributed by atoms with Gasteiger partial charge in [-0.15, -0.1) is 0 Å². The van der Waals surface area contributed by atoms with Crippen molar-refractivity contribution < 1.29 is 31.1 Å². The van der Waals surface area contributed by atoms with Gasteiger partial charge in [-0.3, -0.25) is 4.79 Å². The first-order valence-electron chi connectivity index (χ1n) is 9.79. The molecule has 0 heterocycles. The molecule has 0 spiro atoms. The van der Waals surface area contributed by atoms with Crippen LogP contribution in [0.15, 0.2) is 47.4 Å². The molecule has 1 unspecified atom stereocenters. The number of amides is 1. The van der Waals surface area contributed by atoms with E-state index in [-0.39, 0.29) is 23.7 Å². The number of para-hydroxylation sites is 1. The van der Waals surface area contributed by atoms with Crippen LogP contribution in [-0.4, -0.2) is 38.3 Å². The number of halogens is 3. The zero-order valence-electron chi connectivity index (χ0n) is 17.4. The van der Waals surface area contributed by atoms with Crippen LogP contribution in [0.4, 0.5) is 13.2 Å². The van der Waals surface area contributed by atoms with Crippen molar-refractivity contribution >= 4 is 15.9 Å². The minimum Gasteiger partial charge on any atom is -0.434 e. The van der Waals surface area contributed by atoms with E-state index < -0.39 is 40.0 Å². The van der Waals surface area contributed by atoms with E-state index >= 15 is 0 Å². The molecule has 0 aliphatic rings. The minimum atomic E-state index is -3.90. The Morgan fingerprint density at radius 3 is 2.32 bits per heavy atom. The van der Waals surface area contributed by atoms with E-state index in [1.54, 1.807) is 26.8 Å². The highest BCUT2D eigenvalue weighted by Gasteiger charge is 2.26. The Hall–Kier alpha value is -2.59. The molecule has 6 nitrogen and oxygen atoms in total. The van der Waals surface area contributed by atoms with Crippen LogP contribution in [0.1, 0.15) is 49.2 Å². The number of benzene rings is 2. The molecule has 0 bridgehead atoms. The molecule has 1 atom stereocenters. The lowest BCUT2D eigenvalue weighted by molar-refractivity contribution is -0.0506. The smallest absolute Gasteiger partial charge is 0.387 e. The zero-order chi connectivity index (χ0) is 23.2. The number of carbonyl (C=O) groups excluding carboxylic acids is 1. The Labute approximate surface area is 180 Å². The average molecular weight is 459 g/mol. The number of sulfonamides is 1. The summed E-state index contributed by atoms with van der Waals surface area (Å²) in [6.45, 7) is 2.44. The Morgan fingerprint density at radius 1 is 1.10 bits per heavy atom. The van der Waals surface area contributed by atoms with Gasteiger partial charge in [0.05, 0.1) is 16.5 Å². The first-order valence-corrected chi connectivity index (χ1v) is 11.2. The highest BCUT2D eigenvalue weighted by atomic mass is 32.2. The normalized spacial score (nSPS) is 12.8. The molecular formula is C21H25F3N2O4S. The van der Waals surface area contributed by atoms with Crippen molar-refractivity contribution in [3.8, 4) is 5.75 Å². The van der Waals surface area contributed by atoms with E-state index in [2.05, 4.69) is 10.1 Å². The monoisotopic (exact) mass is 458 g/mol. The van der Waals surface area contributed by atoms with Crippen LogP contribution in [0.2, 0.25) is 0 Å². The number of hydrogen-bond acceptors (Lipinski definition) is 4. The summed E-state index contributed by atoms with van der Waals surface area (Å²) in [6.07, 6.45) is 0.300. The summed E-state index contributed by atoms with van der Waals surface area (Å²) in [7, 11) is -3.90. The molecule has 1 amide bonds. The molecule has 2 aromatic carbocycles. The molecule has 2 rings (SSSR count). The van der Waals surface area contributed by atoms with Crippen molar-refractivity contribution in [2.24, 2.45) is 0 Å². The standard InChI is InChI=1S/C21H25F3N2O4S/c1-4-18(15-9-7-8-10-19(15)30-21(23)24)25-20(27)16-13-14(11-12-17(16)22)31(28,29)26(5-2)6-3/h7-13,18,21H,4-6H2,1-3H3,(H,25,27). The molecule has 2 aromatic rings. The number of alkyl halides is 2. The summed E-state index contributed by atoms with van der Waals surface area (Å²) < 4.78 is 70.9. The second-order valence-electron chi connectivity index (χ2n) is 6.58. The summed E-state index contributed by atoms with van der Waals surface area (Å²) >= 11 is 0. The number of carbonyl (C=O) groups is 1. The third-order valence-electron chi connectivity index (χ3n) is 4.75. The summed E-state index contributed by atoms with van der Waals surface area (Å²) in [5, 5.41) is 2.58. The first kappa shape index (κ1) is 24.7. The fraction of sp³-hybridized carbons (Fsp3) is 0.381. The van der Waals surface area contributed by atoms with Crippen molar-refractivity contribution in [2.75, 3.05) is 13.1 Å². The van der Waals surface area contributed by atoms with Gasteiger partial charge in [-0.1, -0.05) is 39.0 Å². The lowest BCUT2D eigenvalue weighted by Gasteiger charge is -2.21. The van der Waals surface area contributed by atoms with Crippen LogP contribution in [0.3, 0.4) is 0 Å². The Morgan fingerprint density at radius 2 is 1.74 bits per heavy atom. The summed E-state index contributed by atoms with van der Waals surface area (Å²) in [6, 6.07) is 8.20. The highest BCUT2D eigenvalue weighted by molar-refractivity contribution is 7.89. The first-order chi connectivity index (χ1) is 14.6. The van der Waals surface area contributed by atoms with Crippen LogP contribution >= 0.6 is 0 Å². The molecule has 0 aromatic heterocycles. The summed E-state index contributed by atoms with van der Waals surface area (Å²) in [5.74, 6) is -1.88. The second-order valence-corrected chi connectivity index (χ2v) is 8.52. The second kappa shape index (κ2) is 10.6. The SMILES string of the molecule is CCC(NC(=O)c1cc(S(=O)(=O)N(CC)CC)ccc1F)c1ccccc1OC(F)F. The number of nitrogens with one attached hydrogen (secondary N) is 1. The van der Waals surface area contributed by atoms with E-state index in [1.807, 2.05) is 0 Å². The fourth-order valence-electron chi connectivity index (χ4n) is 3.16. The van der Waals surface area contributed by atoms with E-state index in [0.29, 0.717) is 12.0 Å². The van der Waals surface area contributed by atoms with Gasteiger partial charge in [0.2, 0.25) is 10.0 Å². The summed E-state index contributed by atoms with van der Waals surface area (Å²) in [5.41, 5.74) is -0.162. The molecule has 170 valence electrons. The molecule has 10 heteroatoms. The molecule has 31 heavy (non-hydrogen) atoms. The molecule has 0 fully saturated rings. The van der Waals surface area contributed by atoms with Crippen LogP contribution in [-0.2, 0) is 10.0 Å². The maximum absolute atomic E-state index is 14.4. The third kappa shape index (κ3) is 5.76. The van der Waals surface area contributed by atoms with Crippen molar-refractivity contribution in [3.63, 3.8) is 0 Å². The molecule has 0 aliphatic heterocycles. The topological polar surface area (TPSA) is 75.7 Å². The van der Waals surface area contributed by atoms with Gasteiger partial charge in [0, 0.05) is 18.7 Å². The van der Waals surface area contributed by atoms with Crippen LogP contribution in [0, 0.1) is 5.82 Å². The highest BCUT2D eigenvalue weighted by Crippen LogP contribution is 2.29. The van der Waals surface area contributed by atoms with Crippen molar-refractivity contribution in [1.29, 1.82) is 0 Å². The number of ether oxygens (including phenoxy) is 1. The van der Waals surface area contributed by atoms with E-state index in [0.717, 1.165) is 18.2 Å². The van der Waals surface area contributed by atoms with Crippen molar-refractivity contribution in [1.82, 2.24) is 9.62 Å². The van der Waals surface area contributed by atoms with Crippen molar-refractivity contribution in [3.05, 3.63) is 59.4 Å². The molecule has 0 saturated heterocycles. The number of nitrogens with zero attached hydrogens (tertiary/aromatic N) is 1. The van der Waals surface area contributed by atoms with Gasteiger partial charge in [-0.05, 0) is 30.7 Å². The lowest BCUT2D eigenvalue weighted by atomic mass is 10.0. The average Bonchev–Trinajstić information content (AvgIpc) is 2.72. The number of hydrogen-bond donors (Lipinski definition) is 1. The summed E-state index contributed by atoms with van der Waals surface area (Å²) in [4.78, 5) is 12.6. The Balaban J connectivity index is 2.37. The van der Waals surface area contributed by atoms with E-state index in [1.165, 1.54) is 22.5 Å². The lowest BCUT2D eigenvalue weighted by Crippen LogP contribution is -2.32. The van der Waals surface area contributed by atoms with Gasteiger partial charge < -0.3 is 10.1 Å².